The van der Waals surface area contributed by atoms with Crippen LogP contribution < -0.4 is 4.90 Å². The number of anilines is 2. The molecule has 1 saturated carbocycles. The van der Waals surface area contributed by atoms with Gasteiger partial charge in [0.1, 0.15) is 5.82 Å². The van der Waals surface area contributed by atoms with Gasteiger partial charge in [-0.15, -0.1) is 10.2 Å². The first kappa shape index (κ1) is 19.7. The second-order valence-electron chi connectivity index (χ2n) is 7.75. The lowest BCUT2D eigenvalue weighted by atomic mass is 9.95. The Morgan fingerprint density at radius 1 is 1.00 bits per heavy atom. The van der Waals surface area contributed by atoms with Crippen molar-refractivity contribution in [2.24, 2.45) is 0 Å². The van der Waals surface area contributed by atoms with Crippen LogP contribution >= 0.6 is 23.5 Å². The predicted molar refractivity (Wildman–Crippen MR) is 122 cm³/mol. The number of carbonyl (C=O) groups is 1. The smallest absolute Gasteiger partial charge is 0.242 e. The number of rotatable bonds is 4. The number of hydrogen-bond acceptors (Lipinski definition) is 5. The average molecular weight is 437 g/mol. The molecule has 1 aromatic heterocycles. The number of amides is 1. The molecule has 3 aromatic rings. The molecule has 0 bridgehead atoms. The van der Waals surface area contributed by atoms with Gasteiger partial charge in [-0.3, -0.25) is 9.69 Å². The van der Waals surface area contributed by atoms with E-state index in [1.54, 1.807) is 11.8 Å². The molecule has 154 valence electrons. The Hall–Kier alpha value is -2.25. The second-order valence-corrected chi connectivity index (χ2v) is 9.77. The summed E-state index contributed by atoms with van der Waals surface area (Å²) < 4.78 is 2.26. The van der Waals surface area contributed by atoms with Gasteiger partial charge in [0, 0.05) is 15.8 Å². The molecule has 0 atom stereocenters. The highest BCUT2D eigenvalue weighted by Crippen LogP contribution is 2.48. The maximum Gasteiger partial charge on any atom is 0.242 e. The molecule has 1 aliphatic heterocycles. The molecule has 2 aromatic carbocycles. The summed E-state index contributed by atoms with van der Waals surface area (Å²) in [6.45, 7) is 2.02. The zero-order chi connectivity index (χ0) is 20.5. The Labute approximate surface area is 185 Å². The lowest BCUT2D eigenvalue weighted by molar-refractivity contribution is -0.115. The molecular formula is C23H24N4OS2. The minimum absolute atomic E-state index is 0.0658. The fraction of sp³-hybridized carbons (Fsp3) is 0.348. The molecule has 30 heavy (non-hydrogen) atoms. The molecule has 0 saturated heterocycles. The highest BCUT2D eigenvalue weighted by atomic mass is 32.2. The number of aromatic nitrogens is 3. The highest BCUT2D eigenvalue weighted by molar-refractivity contribution is 8.00. The van der Waals surface area contributed by atoms with E-state index < -0.39 is 0 Å². The summed E-state index contributed by atoms with van der Waals surface area (Å²) in [4.78, 5) is 17.5. The predicted octanol–water partition coefficient (Wildman–Crippen LogP) is 6.01. The average Bonchev–Trinajstić information content (AvgIpc) is 3.16. The van der Waals surface area contributed by atoms with E-state index in [4.69, 9.17) is 0 Å². The minimum atomic E-state index is 0.0658. The molecule has 0 spiro atoms. The number of benzene rings is 2. The largest absolute Gasteiger partial charge is 0.303 e. The molecule has 2 aliphatic rings. The van der Waals surface area contributed by atoms with Gasteiger partial charge in [-0.25, -0.2) is 0 Å². The summed E-state index contributed by atoms with van der Waals surface area (Å²) in [6, 6.07) is 16.7. The first-order valence-electron chi connectivity index (χ1n) is 10.5. The van der Waals surface area contributed by atoms with Crippen molar-refractivity contribution in [1.29, 1.82) is 0 Å². The quantitative estimate of drug-likeness (QED) is 0.469. The van der Waals surface area contributed by atoms with E-state index in [0.717, 1.165) is 32.1 Å². The molecule has 1 amide bonds. The van der Waals surface area contributed by atoms with Crippen LogP contribution in [0.3, 0.4) is 0 Å². The summed E-state index contributed by atoms with van der Waals surface area (Å²) in [5.74, 6) is 1.34. The molecule has 1 fully saturated rings. The number of para-hydroxylation sites is 2. The Kier molecular flexibility index (Phi) is 5.56. The standard InChI is InChI=1S/C23H24N4OS2/c1-16-24-25-23(26(16)17-9-3-2-4-10-17)29-15-22(28)27-18-11-5-7-13-20(18)30-21-14-8-6-12-19(21)27/h5-8,11-14,17H,2-4,9-10,15H2,1H3. The summed E-state index contributed by atoms with van der Waals surface area (Å²) in [7, 11) is 0. The van der Waals surface area contributed by atoms with Crippen LogP contribution in [0.2, 0.25) is 0 Å². The molecule has 0 N–H and O–H groups in total. The third-order valence-corrected chi connectivity index (χ3v) is 7.84. The van der Waals surface area contributed by atoms with Crippen molar-refractivity contribution in [1.82, 2.24) is 14.8 Å². The van der Waals surface area contributed by atoms with Gasteiger partial charge < -0.3 is 4.57 Å². The molecule has 1 aliphatic carbocycles. The van der Waals surface area contributed by atoms with Crippen molar-refractivity contribution in [3.8, 4) is 0 Å². The van der Waals surface area contributed by atoms with Crippen molar-refractivity contribution in [3.63, 3.8) is 0 Å². The molecule has 5 nitrogen and oxygen atoms in total. The maximum absolute atomic E-state index is 13.4. The fourth-order valence-electron chi connectivity index (χ4n) is 4.37. The number of aryl methyl sites for hydroxylation is 1. The lowest BCUT2D eigenvalue weighted by Gasteiger charge is -2.31. The van der Waals surface area contributed by atoms with Gasteiger partial charge in [-0.1, -0.05) is 67.1 Å². The molecule has 0 radical (unpaired) electrons. The molecular weight excluding hydrogens is 412 g/mol. The van der Waals surface area contributed by atoms with Gasteiger partial charge in [-0.05, 0) is 44.0 Å². The van der Waals surface area contributed by atoms with Crippen LogP contribution in [0.25, 0.3) is 0 Å². The van der Waals surface area contributed by atoms with Crippen LogP contribution in [0.5, 0.6) is 0 Å². The third kappa shape index (κ3) is 3.65. The Morgan fingerprint density at radius 2 is 1.63 bits per heavy atom. The number of carbonyl (C=O) groups excluding carboxylic acids is 1. The zero-order valence-corrected chi connectivity index (χ0v) is 18.6. The van der Waals surface area contributed by atoms with Crippen LogP contribution in [-0.4, -0.2) is 26.4 Å². The van der Waals surface area contributed by atoms with Crippen LogP contribution in [0.1, 0.15) is 44.0 Å². The second kappa shape index (κ2) is 8.47. The lowest BCUT2D eigenvalue weighted by Crippen LogP contribution is -2.30. The van der Waals surface area contributed by atoms with Crippen molar-refractivity contribution >= 4 is 40.8 Å². The van der Waals surface area contributed by atoms with Gasteiger partial charge in [0.25, 0.3) is 0 Å². The van der Waals surface area contributed by atoms with Crippen molar-refractivity contribution < 1.29 is 4.79 Å². The third-order valence-electron chi connectivity index (χ3n) is 5.78. The Balaban J connectivity index is 1.40. The van der Waals surface area contributed by atoms with Gasteiger partial charge in [-0.2, -0.15) is 0 Å². The van der Waals surface area contributed by atoms with Gasteiger partial charge in [0.15, 0.2) is 5.16 Å². The summed E-state index contributed by atoms with van der Waals surface area (Å²) in [5.41, 5.74) is 1.91. The minimum Gasteiger partial charge on any atom is -0.303 e. The van der Waals surface area contributed by atoms with E-state index in [2.05, 4.69) is 26.9 Å². The number of fused-ring (bicyclic) bond motifs is 2. The summed E-state index contributed by atoms with van der Waals surface area (Å²) in [5, 5.41) is 9.58. The van der Waals surface area contributed by atoms with E-state index in [1.807, 2.05) is 48.2 Å². The van der Waals surface area contributed by atoms with Crippen molar-refractivity contribution in [2.75, 3.05) is 10.7 Å². The van der Waals surface area contributed by atoms with Crippen molar-refractivity contribution in [3.05, 3.63) is 54.4 Å². The number of nitrogens with zero attached hydrogens (tertiary/aromatic N) is 4. The van der Waals surface area contributed by atoms with Gasteiger partial charge in [0.2, 0.25) is 5.91 Å². The topological polar surface area (TPSA) is 51.0 Å². The Morgan fingerprint density at radius 3 is 2.30 bits per heavy atom. The fourth-order valence-corrected chi connectivity index (χ4v) is 6.33. The van der Waals surface area contributed by atoms with Gasteiger partial charge >= 0.3 is 0 Å². The normalized spacial score (nSPS) is 16.2. The van der Waals surface area contributed by atoms with Crippen LogP contribution in [0.4, 0.5) is 11.4 Å². The first-order chi connectivity index (χ1) is 14.7. The van der Waals surface area contributed by atoms with Crippen LogP contribution in [0.15, 0.2) is 63.5 Å². The van der Waals surface area contributed by atoms with E-state index in [0.29, 0.717) is 11.8 Å². The molecule has 0 unspecified atom stereocenters. The Bertz CT molecular complexity index is 1030. The van der Waals surface area contributed by atoms with Gasteiger partial charge in [0.05, 0.1) is 17.1 Å². The van der Waals surface area contributed by atoms with E-state index >= 15 is 0 Å². The monoisotopic (exact) mass is 436 g/mol. The highest BCUT2D eigenvalue weighted by Gasteiger charge is 2.29. The SMILES string of the molecule is Cc1nnc(SCC(=O)N2c3ccccc3Sc3ccccc32)n1C1CCCCC1. The molecule has 2 heterocycles. The summed E-state index contributed by atoms with van der Waals surface area (Å²) in [6.07, 6.45) is 6.16. The van der Waals surface area contributed by atoms with Crippen molar-refractivity contribution in [2.45, 2.75) is 60.0 Å². The van der Waals surface area contributed by atoms with E-state index in [1.165, 1.54) is 43.9 Å². The number of hydrogen-bond donors (Lipinski definition) is 0. The molecule has 7 heteroatoms. The van der Waals surface area contributed by atoms with Crippen LogP contribution in [0, 0.1) is 6.92 Å². The first-order valence-corrected chi connectivity index (χ1v) is 12.3. The molecule has 5 rings (SSSR count). The maximum atomic E-state index is 13.4. The van der Waals surface area contributed by atoms with E-state index in [-0.39, 0.29) is 5.91 Å². The van der Waals surface area contributed by atoms with Crippen LogP contribution in [-0.2, 0) is 4.79 Å². The van der Waals surface area contributed by atoms with E-state index in [9.17, 15) is 4.79 Å². The summed E-state index contributed by atoms with van der Waals surface area (Å²) >= 11 is 3.22. The zero-order valence-electron chi connectivity index (χ0n) is 17.0. The number of thioether (sulfide) groups is 1.